The van der Waals surface area contributed by atoms with E-state index in [2.05, 4.69) is 10.3 Å². The fourth-order valence-electron chi connectivity index (χ4n) is 4.30. The number of carbonyl (C=O) groups excluding carboxylic acids is 1. The predicted molar refractivity (Wildman–Crippen MR) is 108 cm³/mol. The number of ether oxygens (including phenoxy) is 1. The number of nitrogens with zero attached hydrogens (tertiary/aromatic N) is 3. The lowest BCUT2D eigenvalue weighted by molar-refractivity contribution is 0.0621. The van der Waals surface area contributed by atoms with E-state index in [1.807, 2.05) is 47.0 Å². The van der Waals surface area contributed by atoms with Crippen LogP contribution in [0.3, 0.4) is 0 Å². The summed E-state index contributed by atoms with van der Waals surface area (Å²) in [5.74, 6) is 2.49. The van der Waals surface area contributed by atoms with Crippen molar-refractivity contribution in [3.05, 3.63) is 48.0 Å². The molecule has 0 radical (unpaired) electrons. The van der Waals surface area contributed by atoms with Crippen LogP contribution in [-0.4, -0.2) is 46.6 Å². The van der Waals surface area contributed by atoms with Crippen molar-refractivity contribution in [3.63, 3.8) is 0 Å². The van der Waals surface area contributed by atoms with Gasteiger partial charge in [0.25, 0.3) is 5.91 Å². The van der Waals surface area contributed by atoms with Gasteiger partial charge in [0, 0.05) is 44.6 Å². The average Bonchev–Trinajstić information content (AvgIpc) is 3.18. The molecule has 2 aromatic rings. The van der Waals surface area contributed by atoms with Crippen LogP contribution in [-0.2, 0) is 7.05 Å². The second-order valence-electron chi connectivity index (χ2n) is 7.95. The maximum absolute atomic E-state index is 13.2. The lowest BCUT2D eigenvalue weighted by atomic mass is 9.90. The standard InChI is InChI=1S/C22H30N4O2/c1-25-13-12-24-21(25)20-15-23-11-14-26(20)22(27)18-7-9-19(10-8-18)28-16-17-5-3-2-4-6-17/h7-10,12-13,17,20,23H,2-6,11,14-16H2,1H3. The molecule has 1 aromatic carbocycles. The fourth-order valence-corrected chi connectivity index (χ4v) is 4.30. The molecule has 28 heavy (non-hydrogen) atoms. The zero-order valence-corrected chi connectivity index (χ0v) is 16.6. The van der Waals surface area contributed by atoms with Gasteiger partial charge in [0.05, 0.1) is 6.61 Å². The summed E-state index contributed by atoms with van der Waals surface area (Å²) in [6.07, 6.45) is 10.3. The van der Waals surface area contributed by atoms with Gasteiger partial charge in [-0.3, -0.25) is 4.79 Å². The van der Waals surface area contributed by atoms with Crippen LogP contribution in [0.25, 0.3) is 0 Å². The summed E-state index contributed by atoms with van der Waals surface area (Å²) in [6.45, 7) is 2.98. The van der Waals surface area contributed by atoms with Crippen molar-refractivity contribution >= 4 is 5.91 Å². The Hall–Kier alpha value is -2.34. The molecule has 4 rings (SSSR count). The molecule has 2 aliphatic rings. The highest BCUT2D eigenvalue weighted by Gasteiger charge is 2.31. The van der Waals surface area contributed by atoms with E-state index < -0.39 is 0 Å². The van der Waals surface area contributed by atoms with Crippen molar-refractivity contribution in [2.24, 2.45) is 13.0 Å². The first-order valence-electron chi connectivity index (χ1n) is 10.4. The van der Waals surface area contributed by atoms with Gasteiger partial charge in [-0.2, -0.15) is 0 Å². The summed E-state index contributed by atoms with van der Waals surface area (Å²) in [4.78, 5) is 19.5. The van der Waals surface area contributed by atoms with Crippen LogP contribution in [0.4, 0.5) is 0 Å². The topological polar surface area (TPSA) is 59.4 Å². The molecule has 1 aliphatic heterocycles. The number of piperazine rings is 1. The van der Waals surface area contributed by atoms with E-state index in [4.69, 9.17) is 4.74 Å². The Bertz CT molecular complexity index is 780. The van der Waals surface area contributed by atoms with Gasteiger partial charge in [-0.05, 0) is 43.0 Å². The molecule has 1 saturated heterocycles. The molecule has 1 saturated carbocycles. The van der Waals surface area contributed by atoms with E-state index in [9.17, 15) is 4.79 Å². The Kier molecular flexibility index (Phi) is 5.95. The molecule has 1 amide bonds. The van der Waals surface area contributed by atoms with Crippen LogP contribution in [0.2, 0.25) is 0 Å². The third-order valence-corrected chi connectivity index (χ3v) is 5.97. The largest absolute Gasteiger partial charge is 0.493 e. The minimum Gasteiger partial charge on any atom is -0.493 e. The summed E-state index contributed by atoms with van der Waals surface area (Å²) >= 11 is 0. The molecule has 150 valence electrons. The summed E-state index contributed by atoms with van der Waals surface area (Å²) in [5.41, 5.74) is 0.700. The zero-order valence-electron chi connectivity index (χ0n) is 16.6. The maximum atomic E-state index is 13.2. The van der Waals surface area contributed by atoms with Crippen LogP contribution in [0.5, 0.6) is 5.75 Å². The Morgan fingerprint density at radius 3 is 2.71 bits per heavy atom. The number of aromatic nitrogens is 2. The SMILES string of the molecule is Cn1ccnc1C1CNCCN1C(=O)c1ccc(OCC2CCCCC2)cc1. The molecular weight excluding hydrogens is 352 g/mol. The van der Waals surface area contributed by atoms with Crippen molar-refractivity contribution in [2.75, 3.05) is 26.2 Å². The second-order valence-corrected chi connectivity index (χ2v) is 7.95. The summed E-state index contributed by atoms with van der Waals surface area (Å²) in [5, 5.41) is 3.38. The minimum absolute atomic E-state index is 0.0494. The van der Waals surface area contributed by atoms with Gasteiger partial charge in [0.2, 0.25) is 0 Å². The van der Waals surface area contributed by atoms with Gasteiger partial charge in [0.1, 0.15) is 17.6 Å². The monoisotopic (exact) mass is 382 g/mol. The van der Waals surface area contributed by atoms with Gasteiger partial charge in [0.15, 0.2) is 0 Å². The van der Waals surface area contributed by atoms with Crippen molar-refractivity contribution in [1.82, 2.24) is 19.8 Å². The molecule has 6 heteroatoms. The molecule has 1 aromatic heterocycles. The number of benzene rings is 1. The first-order chi connectivity index (χ1) is 13.7. The van der Waals surface area contributed by atoms with E-state index >= 15 is 0 Å². The Morgan fingerprint density at radius 1 is 1.21 bits per heavy atom. The third kappa shape index (κ3) is 4.22. The maximum Gasteiger partial charge on any atom is 0.254 e. The fraction of sp³-hybridized carbons (Fsp3) is 0.545. The van der Waals surface area contributed by atoms with E-state index in [1.54, 1.807) is 6.20 Å². The van der Waals surface area contributed by atoms with Gasteiger partial charge < -0.3 is 19.5 Å². The van der Waals surface area contributed by atoms with Crippen molar-refractivity contribution < 1.29 is 9.53 Å². The zero-order chi connectivity index (χ0) is 19.3. The van der Waals surface area contributed by atoms with Gasteiger partial charge in [-0.1, -0.05) is 19.3 Å². The first-order valence-corrected chi connectivity index (χ1v) is 10.4. The van der Waals surface area contributed by atoms with Crippen molar-refractivity contribution in [2.45, 2.75) is 38.1 Å². The Morgan fingerprint density at radius 2 is 2.00 bits per heavy atom. The molecule has 2 heterocycles. The first kappa shape index (κ1) is 19.0. The molecule has 0 spiro atoms. The lowest BCUT2D eigenvalue weighted by Crippen LogP contribution is -2.49. The van der Waals surface area contributed by atoms with Crippen molar-refractivity contribution in [3.8, 4) is 5.75 Å². The number of aryl methyl sites for hydroxylation is 1. The van der Waals surface area contributed by atoms with Crippen LogP contribution in [0.1, 0.15) is 54.3 Å². The minimum atomic E-state index is -0.0523. The van der Waals surface area contributed by atoms with Gasteiger partial charge in [-0.15, -0.1) is 0 Å². The smallest absolute Gasteiger partial charge is 0.254 e. The number of amides is 1. The summed E-state index contributed by atoms with van der Waals surface area (Å²) < 4.78 is 7.96. The normalized spacial score (nSPS) is 20.9. The number of carbonyl (C=O) groups is 1. The third-order valence-electron chi connectivity index (χ3n) is 5.97. The lowest BCUT2D eigenvalue weighted by Gasteiger charge is -2.35. The van der Waals surface area contributed by atoms with E-state index in [0.717, 1.165) is 31.3 Å². The van der Waals surface area contributed by atoms with E-state index in [0.29, 0.717) is 18.0 Å². The highest BCUT2D eigenvalue weighted by molar-refractivity contribution is 5.94. The molecule has 1 unspecified atom stereocenters. The molecule has 2 fully saturated rings. The number of rotatable bonds is 5. The highest BCUT2D eigenvalue weighted by atomic mass is 16.5. The van der Waals surface area contributed by atoms with Crippen molar-refractivity contribution in [1.29, 1.82) is 0 Å². The van der Waals surface area contributed by atoms with E-state index in [1.165, 1.54) is 32.1 Å². The number of hydrogen-bond donors (Lipinski definition) is 1. The van der Waals surface area contributed by atoms with Crippen LogP contribution in [0, 0.1) is 5.92 Å². The average molecular weight is 383 g/mol. The molecule has 6 nitrogen and oxygen atoms in total. The quantitative estimate of drug-likeness (QED) is 0.863. The molecule has 1 aliphatic carbocycles. The molecular formula is C22H30N4O2. The molecule has 1 N–H and O–H groups in total. The van der Waals surface area contributed by atoms with Crippen LogP contribution >= 0.6 is 0 Å². The van der Waals surface area contributed by atoms with Crippen LogP contribution < -0.4 is 10.1 Å². The second kappa shape index (κ2) is 8.78. The molecule has 0 bridgehead atoms. The predicted octanol–water partition coefficient (Wildman–Crippen LogP) is 3.17. The van der Waals surface area contributed by atoms with E-state index in [-0.39, 0.29) is 11.9 Å². The number of imidazole rings is 1. The van der Waals surface area contributed by atoms with Crippen LogP contribution in [0.15, 0.2) is 36.7 Å². The number of nitrogens with one attached hydrogen (secondary N) is 1. The van der Waals surface area contributed by atoms with Gasteiger partial charge >= 0.3 is 0 Å². The van der Waals surface area contributed by atoms with Gasteiger partial charge in [-0.25, -0.2) is 4.98 Å². The summed E-state index contributed by atoms with van der Waals surface area (Å²) in [6, 6.07) is 7.57. The molecule has 1 atom stereocenters. The summed E-state index contributed by atoms with van der Waals surface area (Å²) in [7, 11) is 1.97. The Balaban J connectivity index is 1.41. The Labute approximate surface area is 166 Å². The highest BCUT2D eigenvalue weighted by Crippen LogP contribution is 2.26. The number of hydrogen-bond acceptors (Lipinski definition) is 4.